The number of rotatable bonds is 8. The fourth-order valence-electron chi connectivity index (χ4n) is 3.50. The minimum Gasteiger partial charge on any atom is -0.496 e. The van der Waals surface area contributed by atoms with Gasteiger partial charge in [0.15, 0.2) is 0 Å². The van der Waals surface area contributed by atoms with Crippen LogP contribution in [0.5, 0.6) is 5.75 Å². The van der Waals surface area contributed by atoms with Crippen molar-refractivity contribution in [1.29, 1.82) is 0 Å². The highest BCUT2D eigenvalue weighted by atomic mass is 32.1. The number of halogens is 1. The lowest BCUT2D eigenvalue weighted by Crippen LogP contribution is -2.53. The Labute approximate surface area is 170 Å². The molecule has 1 saturated heterocycles. The SMILES string of the molecule is COc1ccc(F)cc1CN1CCN(C(C)C(=O)NCCc2cccs2)CC1. The Hall–Kier alpha value is -1.96. The van der Waals surface area contributed by atoms with Crippen LogP contribution in [-0.4, -0.2) is 61.6 Å². The molecule has 28 heavy (non-hydrogen) atoms. The van der Waals surface area contributed by atoms with Gasteiger partial charge in [-0.15, -0.1) is 11.3 Å². The third-order valence-corrected chi connectivity index (χ3v) is 6.16. The molecule has 7 heteroatoms. The van der Waals surface area contributed by atoms with E-state index in [1.54, 1.807) is 24.5 Å². The molecule has 2 heterocycles. The summed E-state index contributed by atoms with van der Waals surface area (Å²) < 4.78 is 18.9. The van der Waals surface area contributed by atoms with Gasteiger partial charge in [-0.2, -0.15) is 0 Å². The van der Waals surface area contributed by atoms with Crippen LogP contribution in [0.2, 0.25) is 0 Å². The predicted molar refractivity (Wildman–Crippen MR) is 110 cm³/mol. The molecule has 3 rings (SSSR count). The molecule has 1 aromatic carbocycles. The number of benzene rings is 1. The third-order valence-electron chi connectivity index (χ3n) is 5.22. The van der Waals surface area contributed by atoms with Crippen molar-refractivity contribution in [3.8, 4) is 5.75 Å². The molecular weight excluding hydrogens is 377 g/mol. The van der Waals surface area contributed by atoms with Crippen molar-refractivity contribution in [3.63, 3.8) is 0 Å². The van der Waals surface area contributed by atoms with E-state index in [1.807, 2.05) is 13.0 Å². The van der Waals surface area contributed by atoms with Gasteiger partial charge in [0, 0.05) is 49.7 Å². The number of amides is 1. The Bertz CT molecular complexity index is 761. The lowest BCUT2D eigenvalue weighted by atomic mass is 10.1. The van der Waals surface area contributed by atoms with Crippen molar-refractivity contribution in [2.24, 2.45) is 0 Å². The number of piperazine rings is 1. The molecule has 1 unspecified atom stereocenters. The standard InChI is InChI=1S/C21H28FN3O2S/c1-16(21(26)23-8-7-19-4-3-13-28-19)25-11-9-24(10-12-25)15-17-14-18(22)5-6-20(17)27-2/h3-6,13-14,16H,7-12,15H2,1-2H3,(H,23,26). The van der Waals surface area contributed by atoms with Gasteiger partial charge in [-0.3, -0.25) is 14.6 Å². The Balaban J connectivity index is 1.44. The highest BCUT2D eigenvalue weighted by Crippen LogP contribution is 2.22. The molecule has 0 saturated carbocycles. The van der Waals surface area contributed by atoms with Crippen LogP contribution in [-0.2, 0) is 17.8 Å². The predicted octanol–water partition coefficient (Wildman–Crippen LogP) is 2.76. The largest absolute Gasteiger partial charge is 0.496 e. The van der Waals surface area contributed by atoms with Crippen LogP contribution in [0.15, 0.2) is 35.7 Å². The smallest absolute Gasteiger partial charge is 0.237 e. The lowest BCUT2D eigenvalue weighted by Gasteiger charge is -2.37. The highest BCUT2D eigenvalue weighted by molar-refractivity contribution is 7.09. The van der Waals surface area contributed by atoms with Gasteiger partial charge in [0.05, 0.1) is 13.2 Å². The Kier molecular flexibility index (Phi) is 7.42. The summed E-state index contributed by atoms with van der Waals surface area (Å²) in [5, 5.41) is 5.10. The maximum Gasteiger partial charge on any atom is 0.237 e. The molecule has 5 nitrogen and oxygen atoms in total. The number of ether oxygens (including phenoxy) is 1. The Morgan fingerprint density at radius 1 is 1.29 bits per heavy atom. The molecule has 1 amide bonds. The first-order valence-corrected chi connectivity index (χ1v) is 10.5. The molecule has 1 aliphatic rings. The molecule has 152 valence electrons. The van der Waals surface area contributed by atoms with Crippen molar-refractivity contribution in [2.45, 2.75) is 25.9 Å². The van der Waals surface area contributed by atoms with Crippen LogP contribution in [0.1, 0.15) is 17.4 Å². The summed E-state index contributed by atoms with van der Waals surface area (Å²) in [4.78, 5) is 18.2. The van der Waals surface area contributed by atoms with Gasteiger partial charge in [0.1, 0.15) is 11.6 Å². The lowest BCUT2D eigenvalue weighted by molar-refractivity contribution is -0.126. The van der Waals surface area contributed by atoms with E-state index in [9.17, 15) is 9.18 Å². The van der Waals surface area contributed by atoms with E-state index >= 15 is 0 Å². The van der Waals surface area contributed by atoms with Gasteiger partial charge in [-0.25, -0.2) is 4.39 Å². The van der Waals surface area contributed by atoms with Crippen LogP contribution in [0, 0.1) is 5.82 Å². The van der Waals surface area contributed by atoms with Gasteiger partial charge in [0.2, 0.25) is 5.91 Å². The van der Waals surface area contributed by atoms with Crippen LogP contribution in [0.3, 0.4) is 0 Å². The average Bonchev–Trinajstić information content (AvgIpc) is 3.21. The Morgan fingerprint density at radius 2 is 2.07 bits per heavy atom. The molecule has 2 aromatic rings. The molecule has 1 N–H and O–H groups in total. The molecular formula is C21H28FN3O2S. The summed E-state index contributed by atoms with van der Waals surface area (Å²) in [6.45, 7) is 6.60. The first kappa shape index (κ1) is 20.8. The summed E-state index contributed by atoms with van der Waals surface area (Å²) in [5.41, 5.74) is 0.857. The van der Waals surface area contributed by atoms with E-state index in [0.717, 1.165) is 38.2 Å². The maximum absolute atomic E-state index is 13.6. The third kappa shape index (κ3) is 5.53. The van der Waals surface area contributed by atoms with E-state index in [0.29, 0.717) is 18.8 Å². The Morgan fingerprint density at radius 3 is 2.75 bits per heavy atom. The van der Waals surface area contributed by atoms with Gasteiger partial charge in [0.25, 0.3) is 0 Å². The minimum absolute atomic E-state index is 0.0804. The number of nitrogens with zero attached hydrogens (tertiary/aromatic N) is 2. The maximum atomic E-state index is 13.6. The molecule has 1 atom stereocenters. The second-order valence-corrected chi connectivity index (χ2v) is 8.10. The van der Waals surface area contributed by atoms with E-state index in [2.05, 4.69) is 26.6 Å². The minimum atomic E-state index is -0.248. The second-order valence-electron chi connectivity index (χ2n) is 7.06. The molecule has 0 spiro atoms. The van der Waals surface area contributed by atoms with Gasteiger partial charge >= 0.3 is 0 Å². The molecule has 1 aliphatic heterocycles. The number of methoxy groups -OCH3 is 1. The highest BCUT2D eigenvalue weighted by Gasteiger charge is 2.25. The van der Waals surface area contributed by atoms with Crippen LogP contribution in [0.4, 0.5) is 4.39 Å². The van der Waals surface area contributed by atoms with Crippen molar-refractivity contribution in [1.82, 2.24) is 15.1 Å². The van der Waals surface area contributed by atoms with E-state index in [-0.39, 0.29) is 17.8 Å². The fraction of sp³-hybridized carbons (Fsp3) is 0.476. The first-order chi connectivity index (χ1) is 13.6. The molecule has 1 aromatic heterocycles. The summed E-state index contributed by atoms with van der Waals surface area (Å²) in [6, 6.07) is 8.60. The number of hydrogen-bond donors (Lipinski definition) is 1. The molecule has 1 fully saturated rings. The first-order valence-electron chi connectivity index (χ1n) is 9.65. The zero-order valence-corrected chi connectivity index (χ0v) is 17.3. The van der Waals surface area contributed by atoms with Crippen LogP contribution >= 0.6 is 11.3 Å². The monoisotopic (exact) mass is 405 g/mol. The number of thiophene rings is 1. The van der Waals surface area contributed by atoms with E-state index in [4.69, 9.17) is 4.74 Å². The van der Waals surface area contributed by atoms with Crippen molar-refractivity contribution >= 4 is 17.2 Å². The number of nitrogens with one attached hydrogen (secondary N) is 1. The summed E-state index contributed by atoms with van der Waals surface area (Å²) >= 11 is 1.72. The summed E-state index contributed by atoms with van der Waals surface area (Å²) in [5.74, 6) is 0.543. The van der Waals surface area contributed by atoms with E-state index in [1.165, 1.54) is 17.0 Å². The van der Waals surface area contributed by atoms with Crippen molar-refractivity contribution < 1.29 is 13.9 Å². The quantitative estimate of drug-likeness (QED) is 0.734. The van der Waals surface area contributed by atoms with Gasteiger partial charge in [-0.05, 0) is 43.0 Å². The zero-order chi connectivity index (χ0) is 19.9. The fourth-order valence-corrected chi connectivity index (χ4v) is 4.21. The van der Waals surface area contributed by atoms with E-state index < -0.39 is 0 Å². The molecule has 0 radical (unpaired) electrons. The second kappa shape index (κ2) is 10.0. The number of hydrogen-bond acceptors (Lipinski definition) is 5. The van der Waals surface area contributed by atoms with Gasteiger partial charge < -0.3 is 10.1 Å². The summed E-state index contributed by atoms with van der Waals surface area (Å²) in [7, 11) is 1.60. The van der Waals surface area contributed by atoms with Crippen molar-refractivity contribution in [3.05, 3.63) is 52.0 Å². The van der Waals surface area contributed by atoms with Gasteiger partial charge in [-0.1, -0.05) is 6.07 Å². The normalized spacial score (nSPS) is 16.7. The zero-order valence-electron chi connectivity index (χ0n) is 16.5. The number of carbonyl (C=O) groups excluding carboxylic acids is 1. The average molecular weight is 406 g/mol. The topological polar surface area (TPSA) is 44.8 Å². The molecule has 0 aliphatic carbocycles. The van der Waals surface area contributed by atoms with Crippen LogP contribution in [0.25, 0.3) is 0 Å². The summed E-state index contributed by atoms with van der Waals surface area (Å²) in [6.07, 6.45) is 0.874. The van der Waals surface area contributed by atoms with Crippen molar-refractivity contribution in [2.75, 3.05) is 39.8 Å². The number of carbonyl (C=O) groups is 1. The van der Waals surface area contributed by atoms with Crippen LogP contribution < -0.4 is 10.1 Å². The molecule has 0 bridgehead atoms.